The van der Waals surface area contributed by atoms with Crippen molar-refractivity contribution in [2.75, 3.05) is 0 Å². The largest absolute Gasteiger partial charge is 0.449 e. The Kier molecular flexibility index (Phi) is 4.22. The van der Waals surface area contributed by atoms with E-state index in [0.29, 0.717) is 16.3 Å². The van der Waals surface area contributed by atoms with Gasteiger partial charge in [-0.05, 0) is 36.2 Å². The summed E-state index contributed by atoms with van der Waals surface area (Å²) in [5.74, 6) is 0.426. The molecular weight excluding hydrogens is 282 g/mol. The standard InChI is InChI=1S/C14H12ClNO4/c1-9-2-4-13(11(15)6-9)20-14-5-3-10(8-17)7-12(14)16(18)19/h2-7,17H,8H2,1H3. The number of hydrogen-bond donors (Lipinski definition) is 1. The SMILES string of the molecule is Cc1ccc(Oc2ccc(CO)cc2[N+](=O)[O-])c(Cl)c1. The molecule has 0 atom stereocenters. The molecule has 0 unspecified atom stereocenters. The summed E-state index contributed by atoms with van der Waals surface area (Å²) in [5, 5.41) is 20.4. The van der Waals surface area contributed by atoms with Crippen molar-refractivity contribution in [1.82, 2.24) is 0 Å². The van der Waals surface area contributed by atoms with E-state index >= 15 is 0 Å². The third-order valence-electron chi connectivity index (χ3n) is 2.71. The van der Waals surface area contributed by atoms with Crippen LogP contribution in [-0.4, -0.2) is 10.0 Å². The fraction of sp³-hybridized carbons (Fsp3) is 0.143. The lowest BCUT2D eigenvalue weighted by atomic mass is 10.2. The monoisotopic (exact) mass is 293 g/mol. The zero-order valence-electron chi connectivity index (χ0n) is 10.7. The van der Waals surface area contributed by atoms with E-state index in [1.54, 1.807) is 24.3 Å². The fourth-order valence-electron chi connectivity index (χ4n) is 1.70. The van der Waals surface area contributed by atoms with Crippen molar-refractivity contribution >= 4 is 17.3 Å². The van der Waals surface area contributed by atoms with Crippen LogP contribution in [0.4, 0.5) is 5.69 Å². The molecule has 6 heteroatoms. The third kappa shape index (κ3) is 3.07. The first kappa shape index (κ1) is 14.3. The van der Waals surface area contributed by atoms with Gasteiger partial charge < -0.3 is 9.84 Å². The molecule has 0 aliphatic carbocycles. The van der Waals surface area contributed by atoms with Gasteiger partial charge in [0, 0.05) is 6.07 Å². The molecule has 2 aromatic carbocycles. The molecule has 1 N–H and O–H groups in total. The predicted octanol–water partition coefficient (Wildman–Crippen LogP) is 3.84. The Hall–Kier alpha value is -2.11. The van der Waals surface area contributed by atoms with Crippen molar-refractivity contribution in [3.63, 3.8) is 0 Å². The van der Waals surface area contributed by atoms with Gasteiger partial charge in [0.25, 0.3) is 0 Å². The van der Waals surface area contributed by atoms with E-state index in [2.05, 4.69) is 0 Å². The molecule has 104 valence electrons. The second-order valence-electron chi connectivity index (χ2n) is 4.25. The van der Waals surface area contributed by atoms with Crippen molar-refractivity contribution < 1.29 is 14.8 Å². The Morgan fingerprint density at radius 1 is 1.25 bits per heavy atom. The first-order chi connectivity index (χ1) is 9.51. The average molecular weight is 294 g/mol. The smallest absolute Gasteiger partial charge is 0.311 e. The first-order valence-corrected chi connectivity index (χ1v) is 6.21. The number of rotatable bonds is 4. The molecule has 20 heavy (non-hydrogen) atoms. The van der Waals surface area contributed by atoms with Gasteiger partial charge in [-0.15, -0.1) is 0 Å². The number of nitro groups is 1. The number of halogens is 1. The second kappa shape index (κ2) is 5.90. The summed E-state index contributed by atoms with van der Waals surface area (Å²) >= 11 is 6.04. The van der Waals surface area contributed by atoms with Gasteiger partial charge in [-0.3, -0.25) is 10.1 Å². The molecule has 2 rings (SSSR count). The van der Waals surface area contributed by atoms with Crippen molar-refractivity contribution in [3.05, 3.63) is 62.7 Å². The van der Waals surface area contributed by atoms with E-state index in [1.807, 2.05) is 6.92 Å². The second-order valence-corrected chi connectivity index (χ2v) is 4.66. The highest BCUT2D eigenvalue weighted by Crippen LogP contribution is 2.35. The number of hydrogen-bond acceptors (Lipinski definition) is 4. The average Bonchev–Trinajstić information content (AvgIpc) is 2.42. The molecule has 0 spiro atoms. The van der Waals surface area contributed by atoms with Crippen LogP contribution in [0.25, 0.3) is 0 Å². The molecule has 0 heterocycles. The van der Waals surface area contributed by atoms with Crippen LogP contribution in [0.3, 0.4) is 0 Å². The molecule has 0 aromatic heterocycles. The number of benzene rings is 2. The molecule has 0 aliphatic heterocycles. The van der Waals surface area contributed by atoms with Crippen LogP contribution in [0.5, 0.6) is 11.5 Å². The summed E-state index contributed by atoms with van der Waals surface area (Å²) in [7, 11) is 0. The maximum Gasteiger partial charge on any atom is 0.311 e. The van der Waals surface area contributed by atoms with Crippen LogP contribution in [-0.2, 0) is 6.61 Å². The van der Waals surface area contributed by atoms with E-state index in [4.69, 9.17) is 21.4 Å². The molecule has 0 aliphatic rings. The highest BCUT2D eigenvalue weighted by Gasteiger charge is 2.17. The maximum atomic E-state index is 11.0. The molecule has 5 nitrogen and oxygen atoms in total. The van der Waals surface area contributed by atoms with Crippen molar-refractivity contribution in [1.29, 1.82) is 0 Å². The van der Waals surface area contributed by atoms with E-state index in [0.717, 1.165) is 5.56 Å². The molecular formula is C14H12ClNO4. The Morgan fingerprint density at radius 2 is 1.95 bits per heavy atom. The normalized spacial score (nSPS) is 10.3. The van der Waals surface area contributed by atoms with E-state index in [1.165, 1.54) is 12.1 Å². The van der Waals surface area contributed by atoms with E-state index in [9.17, 15) is 10.1 Å². The molecule has 0 radical (unpaired) electrons. The topological polar surface area (TPSA) is 72.6 Å². The van der Waals surface area contributed by atoms with E-state index < -0.39 is 4.92 Å². The number of aliphatic hydroxyl groups is 1. The minimum Gasteiger partial charge on any atom is -0.449 e. The quantitative estimate of drug-likeness (QED) is 0.686. The van der Waals surface area contributed by atoms with Gasteiger partial charge in [-0.25, -0.2) is 0 Å². The number of nitro benzene ring substituents is 1. The van der Waals surface area contributed by atoms with Crippen molar-refractivity contribution in [3.8, 4) is 11.5 Å². The first-order valence-electron chi connectivity index (χ1n) is 5.83. The van der Waals surface area contributed by atoms with Gasteiger partial charge >= 0.3 is 5.69 Å². The highest BCUT2D eigenvalue weighted by molar-refractivity contribution is 6.32. The summed E-state index contributed by atoms with van der Waals surface area (Å²) in [6.45, 7) is 1.61. The molecule has 0 saturated heterocycles. The minimum atomic E-state index is -0.559. The predicted molar refractivity (Wildman–Crippen MR) is 75.3 cm³/mol. The molecule has 0 bridgehead atoms. The third-order valence-corrected chi connectivity index (χ3v) is 3.01. The lowest BCUT2D eigenvalue weighted by Crippen LogP contribution is -1.96. The Morgan fingerprint density at radius 3 is 2.55 bits per heavy atom. The molecule has 2 aromatic rings. The summed E-state index contributed by atoms with van der Waals surface area (Å²) in [6.07, 6.45) is 0. The zero-order chi connectivity index (χ0) is 14.7. The molecule has 0 saturated carbocycles. The Balaban J connectivity index is 2.40. The van der Waals surface area contributed by atoms with Crippen LogP contribution in [0.1, 0.15) is 11.1 Å². The highest BCUT2D eigenvalue weighted by atomic mass is 35.5. The van der Waals surface area contributed by atoms with Gasteiger partial charge in [-0.2, -0.15) is 0 Å². The van der Waals surface area contributed by atoms with Gasteiger partial charge in [0.05, 0.1) is 16.6 Å². The maximum absolute atomic E-state index is 11.0. The Bertz CT molecular complexity index is 658. The molecule has 0 fully saturated rings. The lowest BCUT2D eigenvalue weighted by Gasteiger charge is -2.09. The fourth-order valence-corrected chi connectivity index (χ4v) is 1.97. The van der Waals surface area contributed by atoms with Crippen molar-refractivity contribution in [2.45, 2.75) is 13.5 Å². The van der Waals surface area contributed by atoms with Crippen molar-refractivity contribution in [2.24, 2.45) is 0 Å². The summed E-state index contributed by atoms with van der Waals surface area (Å²) < 4.78 is 5.50. The van der Waals surface area contributed by atoms with Crippen LogP contribution < -0.4 is 4.74 Å². The van der Waals surface area contributed by atoms with Gasteiger partial charge in [-0.1, -0.05) is 23.7 Å². The number of ether oxygens (including phenoxy) is 1. The van der Waals surface area contributed by atoms with Gasteiger partial charge in [0.2, 0.25) is 5.75 Å². The van der Waals surface area contributed by atoms with Gasteiger partial charge in [0.15, 0.2) is 0 Å². The number of aliphatic hydroxyl groups excluding tert-OH is 1. The van der Waals surface area contributed by atoms with E-state index in [-0.39, 0.29) is 18.0 Å². The lowest BCUT2D eigenvalue weighted by molar-refractivity contribution is -0.385. The summed E-state index contributed by atoms with van der Waals surface area (Å²) in [5.41, 5.74) is 1.19. The van der Waals surface area contributed by atoms with Crippen LogP contribution in [0.15, 0.2) is 36.4 Å². The number of aryl methyl sites for hydroxylation is 1. The Labute approximate surface area is 120 Å². The minimum absolute atomic E-state index is 0.0814. The van der Waals surface area contributed by atoms with Crippen LogP contribution >= 0.6 is 11.6 Å². The molecule has 0 amide bonds. The zero-order valence-corrected chi connectivity index (χ0v) is 11.4. The van der Waals surface area contributed by atoms with Gasteiger partial charge in [0.1, 0.15) is 5.75 Å². The number of nitrogens with zero attached hydrogens (tertiary/aromatic N) is 1. The summed E-state index contributed by atoms with van der Waals surface area (Å²) in [6, 6.07) is 9.45. The van der Waals surface area contributed by atoms with Crippen LogP contribution in [0.2, 0.25) is 5.02 Å². The summed E-state index contributed by atoms with van der Waals surface area (Å²) in [4.78, 5) is 10.5. The van der Waals surface area contributed by atoms with Crippen LogP contribution in [0, 0.1) is 17.0 Å².